The molecule has 0 radical (unpaired) electrons. The van der Waals surface area contributed by atoms with E-state index in [4.69, 9.17) is 14.5 Å². The Morgan fingerprint density at radius 2 is 1.80 bits per heavy atom. The third kappa shape index (κ3) is 5.96. The van der Waals surface area contributed by atoms with Crippen LogP contribution in [0.3, 0.4) is 0 Å². The van der Waals surface area contributed by atoms with E-state index in [2.05, 4.69) is 32.1 Å². The van der Waals surface area contributed by atoms with Gasteiger partial charge in [0, 0.05) is 17.2 Å². The number of hydrogen-bond acceptors (Lipinski definition) is 8. The molecule has 0 aliphatic carbocycles. The number of likely N-dealkylation sites (tertiary alicyclic amines) is 1. The van der Waals surface area contributed by atoms with Gasteiger partial charge in [0.05, 0.1) is 24.5 Å². The zero-order chi connectivity index (χ0) is 28.6. The second kappa shape index (κ2) is 11.5. The molecule has 4 heterocycles. The van der Waals surface area contributed by atoms with Crippen molar-refractivity contribution in [3.63, 3.8) is 0 Å². The van der Waals surface area contributed by atoms with Crippen LogP contribution in [-0.4, -0.2) is 64.8 Å². The number of nitrogens with zero attached hydrogens (tertiary/aromatic N) is 5. The normalized spacial score (nSPS) is 18.1. The van der Waals surface area contributed by atoms with Crippen LogP contribution in [0.5, 0.6) is 11.6 Å². The third-order valence-electron chi connectivity index (χ3n) is 7.38. The Kier molecular flexibility index (Phi) is 8.07. The summed E-state index contributed by atoms with van der Waals surface area (Å²) in [6, 6.07) is 6.99. The van der Waals surface area contributed by atoms with Gasteiger partial charge in [0.1, 0.15) is 17.6 Å². The van der Waals surface area contributed by atoms with E-state index >= 15 is 8.78 Å². The first-order chi connectivity index (χ1) is 19.1. The van der Waals surface area contributed by atoms with Crippen LogP contribution in [0, 0.1) is 11.6 Å². The van der Waals surface area contributed by atoms with Crippen LogP contribution in [0.15, 0.2) is 30.5 Å². The number of aromatic nitrogens is 3. The Labute approximate surface area is 234 Å². The van der Waals surface area contributed by atoms with E-state index in [0.29, 0.717) is 35.4 Å². The van der Waals surface area contributed by atoms with E-state index in [0.717, 1.165) is 37.7 Å². The minimum Gasteiger partial charge on any atom is -0.484 e. The van der Waals surface area contributed by atoms with E-state index < -0.39 is 11.6 Å². The average Bonchev–Trinajstić information content (AvgIpc) is 2.90. The summed E-state index contributed by atoms with van der Waals surface area (Å²) in [5.74, 6) is 0.549. The smallest absolute Gasteiger partial charge is 0.229 e. The number of ether oxygens (including phenoxy) is 2. The zero-order valence-corrected chi connectivity index (χ0v) is 24.0. The number of fused-ring (bicyclic) bond motifs is 1. The minimum atomic E-state index is -0.652. The maximum Gasteiger partial charge on any atom is 0.229 e. The summed E-state index contributed by atoms with van der Waals surface area (Å²) < 4.78 is 42.1. The number of pyridine rings is 1. The van der Waals surface area contributed by atoms with Crippen molar-refractivity contribution >= 4 is 17.5 Å². The third-order valence-corrected chi connectivity index (χ3v) is 7.38. The Bertz CT molecular complexity index is 1360. The quantitative estimate of drug-likeness (QED) is 0.374. The second-order valence-corrected chi connectivity index (χ2v) is 11.3. The first kappa shape index (κ1) is 28.0. The molecule has 1 N–H and O–H groups in total. The van der Waals surface area contributed by atoms with E-state index in [-0.39, 0.29) is 35.6 Å². The molecule has 0 spiro atoms. The van der Waals surface area contributed by atoms with Crippen molar-refractivity contribution in [3.8, 4) is 22.9 Å². The fraction of sp³-hybridized carbons (Fsp3) is 0.500. The summed E-state index contributed by atoms with van der Waals surface area (Å²) in [6.07, 6.45) is 2.96. The van der Waals surface area contributed by atoms with Gasteiger partial charge >= 0.3 is 0 Å². The number of halogens is 2. The predicted octanol–water partition coefficient (Wildman–Crippen LogP) is 6.15. The number of benzene rings is 1. The molecule has 1 aromatic carbocycles. The second-order valence-electron chi connectivity index (χ2n) is 11.3. The van der Waals surface area contributed by atoms with E-state index in [1.807, 2.05) is 46.8 Å². The molecule has 2 aliphatic rings. The largest absolute Gasteiger partial charge is 0.484 e. The standard InChI is InChI=1S/C30H38F2N6O2/c1-17(2)38-16-19(5)40-28-23(31)13-21(14-25(28)38)27-24(32)15-33-30(36-27)35-26-8-7-22(29(34-26)39-18(3)4)20-9-11-37(6)12-10-20/h7-8,13-15,17-20H,9-12,16H2,1-6H3,(H,33,34,35,36). The van der Waals surface area contributed by atoms with Gasteiger partial charge in [-0.15, -0.1) is 0 Å². The van der Waals surface area contributed by atoms with Crippen molar-refractivity contribution in [2.45, 2.75) is 71.6 Å². The number of anilines is 3. The molecular formula is C30H38F2N6O2. The highest BCUT2D eigenvalue weighted by Crippen LogP contribution is 2.41. The van der Waals surface area contributed by atoms with Crippen LogP contribution in [0.25, 0.3) is 11.3 Å². The van der Waals surface area contributed by atoms with E-state index in [9.17, 15) is 0 Å². The predicted molar refractivity (Wildman–Crippen MR) is 153 cm³/mol. The minimum absolute atomic E-state index is 0.0110. The van der Waals surface area contributed by atoms with Crippen LogP contribution in [0.1, 0.15) is 58.9 Å². The van der Waals surface area contributed by atoms with Crippen LogP contribution in [0.2, 0.25) is 0 Å². The van der Waals surface area contributed by atoms with E-state index in [1.54, 1.807) is 6.07 Å². The lowest BCUT2D eigenvalue weighted by molar-refractivity contribution is 0.199. The van der Waals surface area contributed by atoms with Gasteiger partial charge in [-0.25, -0.2) is 18.7 Å². The topological polar surface area (TPSA) is 75.6 Å². The maximum atomic E-state index is 15.2. The molecule has 2 aliphatic heterocycles. The number of nitrogens with one attached hydrogen (secondary N) is 1. The molecule has 40 heavy (non-hydrogen) atoms. The number of piperidine rings is 1. The van der Waals surface area contributed by atoms with Gasteiger partial charge in [-0.1, -0.05) is 0 Å². The Balaban J connectivity index is 1.45. The molecule has 0 bridgehead atoms. The van der Waals surface area contributed by atoms with Gasteiger partial charge in [-0.05, 0) is 97.8 Å². The molecule has 8 nitrogen and oxygen atoms in total. The van der Waals surface area contributed by atoms with Crippen molar-refractivity contribution in [2.75, 3.05) is 36.9 Å². The van der Waals surface area contributed by atoms with Gasteiger partial charge in [-0.2, -0.15) is 4.98 Å². The lowest BCUT2D eigenvalue weighted by Gasteiger charge is -2.38. The molecule has 1 saturated heterocycles. The number of rotatable bonds is 7. The summed E-state index contributed by atoms with van der Waals surface area (Å²) in [6.45, 7) is 12.6. The lowest BCUT2D eigenvalue weighted by atomic mass is 9.90. The zero-order valence-electron chi connectivity index (χ0n) is 24.0. The molecule has 1 fully saturated rings. The molecule has 1 unspecified atom stereocenters. The average molecular weight is 553 g/mol. The molecule has 0 saturated carbocycles. The summed E-state index contributed by atoms with van der Waals surface area (Å²) >= 11 is 0. The molecular weight excluding hydrogens is 514 g/mol. The van der Waals surface area contributed by atoms with Gasteiger partial charge in [0.2, 0.25) is 11.8 Å². The van der Waals surface area contributed by atoms with Crippen LogP contribution in [-0.2, 0) is 0 Å². The molecule has 1 atom stereocenters. The Morgan fingerprint density at radius 1 is 1.05 bits per heavy atom. The highest BCUT2D eigenvalue weighted by Gasteiger charge is 2.29. The number of hydrogen-bond donors (Lipinski definition) is 1. The molecule has 2 aromatic heterocycles. The molecule has 214 valence electrons. The van der Waals surface area contributed by atoms with Gasteiger partial charge in [-0.3, -0.25) is 0 Å². The highest BCUT2D eigenvalue weighted by molar-refractivity contribution is 5.73. The first-order valence-electron chi connectivity index (χ1n) is 14.0. The van der Waals surface area contributed by atoms with Gasteiger partial charge < -0.3 is 24.6 Å². The highest BCUT2D eigenvalue weighted by atomic mass is 19.1. The van der Waals surface area contributed by atoms with Crippen molar-refractivity contribution in [1.29, 1.82) is 0 Å². The summed E-state index contributed by atoms with van der Waals surface area (Å²) in [4.78, 5) is 17.7. The fourth-order valence-corrected chi connectivity index (χ4v) is 5.36. The Hall–Kier alpha value is -3.53. The van der Waals surface area contributed by atoms with Crippen LogP contribution < -0.4 is 19.7 Å². The van der Waals surface area contributed by atoms with Gasteiger partial charge in [0.25, 0.3) is 0 Å². The molecule has 10 heteroatoms. The fourth-order valence-electron chi connectivity index (χ4n) is 5.36. The summed E-state index contributed by atoms with van der Waals surface area (Å²) in [7, 11) is 2.14. The van der Waals surface area contributed by atoms with Crippen LogP contribution in [0.4, 0.5) is 26.2 Å². The molecule has 0 amide bonds. The Morgan fingerprint density at radius 3 is 2.50 bits per heavy atom. The van der Waals surface area contributed by atoms with Crippen molar-refractivity contribution < 1.29 is 18.3 Å². The summed E-state index contributed by atoms with van der Waals surface area (Å²) in [5, 5.41) is 3.08. The molecule has 5 rings (SSSR count). The van der Waals surface area contributed by atoms with Gasteiger partial charge in [0.15, 0.2) is 17.4 Å². The summed E-state index contributed by atoms with van der Waals surface area (Å²) in [5.41, 5.74) is 1.96. The first-order valence-corrected chi connectivity index (χ1v) is 14.0. The van der Waals surface area contributed by atoms with Crippen molar-refractivity contribution in [2.24, 2.45) is 0 Å². The SMILES string of the molecule is CC(C)Oc1nc(Nc2ncc(F)c(-c3cc(F)c4c(c3)N(C(C)C)CC(C)O4)n2)ccc1C1CCN(C)CC1. The monoisotopic (exact) mass is 552 g/mol. The lowest BCUT2D eigenvalue weighted by Crippen LogP contribution is -2.42. The van der Waals surface area contributed by atoms with Crippen molar-refractivity contribution in [3.05, 3.63) is 47.7 Å². The van der Waals surface area contributed by atoms with Crippen molar-refractivity contribution in [1.82, 2.24) is 19.9 Å². The molecule has 3 aromatic rings. The maximum absolute atomic E-state index is 15.2. The van der Waals surface area contributed by atoms with Crippen LogP contribution >= 0.6 is 0 Å². The van der Waals surface area contributed by atoms with E-state index in [1.165, 1.54) is 6.07 Å².